The molecule has 0 bridgehead atoms. The van der Waals surface area contributed by atoms with E-state index in [1.807, 2.05) is 39.0 Å². The summed E-state index contributed by atoms with van der Waals surface area (Å²) in [6.45, 7) is 6.86. The molecule has 132 valence electrons. The Morgan fingerprint density at radius 2 is 1.60 bits per heavy atom. The zero-order valence-electron chi connectivity index (χ0n) is 15.0. The SMILES string of the molecule is CCCNC(=O)c1ccc(NC(=O)CNc2c(C)cccc2C)cc1. The van der Waals surface area contributed by atoms with Gasteiger partial charge in [0.25, 0.3) is 5.91 Å². The van der Waals surface area contributed by atoms with Crippen molar-refractivity contribution in [3.63, 3.8) is 0 Å². The second kappa shape index (κ2) is 8.87. The number of aryl methyl sites for hydroxylation is 2. The maximum atomic E-state index is 12.1. The fraction of sp³-hybridized carbons (Fsp3) is 0.300. The molecule has 5 nitrogen and oxygen atoms in total. The summed E-state index contributed by atoms with van der Waals surface area (Å²) in [6.07, 6.45) is 0.896. The van der Waals surface area contributed by atoms with Crippen molar-refractivity contribution in [3.8, 4) is 0 Å². The quantitative estimate of drug-likeness (QED) is 0.723. The summed E-state index contributed by atoms with van der Waals surface area (Å²) in [5.74, 6) is -0.234. The van der Waals surface area contributed by atoms with Gasteiger partial charge >= 0.3 is 0 Å². The van der Waals surface area contributed by atoms with Crippen molar-refractivity contribution in [3.05, 3.63) is 59.2 Å². The highest BCUT2D eigenvalue weighted by Gasteiger charge is 2.07. The second-order valence-corrected chi connectivity index (χ2v) is 6.00. The van der Waals surface area contributed by atoms with E-state index in [0.717, 1.165) is 23.2 Å². The van der Waals surface area contributed by atoms with Gasteiger partial charge in [-0.2, -0.15) is 0 Å². The van der Waals surface area contributed by atoms with Gasteiger partial charge in [-0.05, 0) is 55.7 Å². The van der Waals surface area contributed by atoms with Crippen LogP contribution in [0.1, 0.15) is 34.8 Å². The average molecular weight is 339 g/mol. The number of carbonyl (C=O) groups excluding carboxylic acids is 2. The van der Waals surface area contributed by atoms with Crippen molar-refractivity contribution in [2.45, 2.75) is 27.2 Å². The molecule has 0 fully saturated rings. The average Bonchev–Trinajstić information content (AvgIpc) is 2.60. The van der Waals surface area contributed by atoms with E-state index < -0.39 is 0 Å². The lowest BCUT2D eigenvalue weighted by molar-refractivity contribution is -0.114. The summed E-state index contributed by atoms with van der Waals surface area (Å²) in [5, 5.41) is 8.83. The summed E-state index contributed by atoms with van der Waals surface area (Å²) in [6, 6.07) is 12.9. The molecule has 2 amide bonds. The van der Waals surface area contributed by atoms with Crippen LogP contribution in [0.15, 0.2) is 42.5 Å². The van der Waals surface area contributed by atoms with Crippen LogP contribution < -0.4 is 16.0 Å². The summed E-state index contributed by atoms with van der Waals surface area (Å²) < 4.78 is 0. The third kappa shape index (κ3) is 5.35. The zero-order valence-corrected chi connectivity index (χ0v) is 15.0. The number of hydrogen-bond donors (Lipinski definition) is 3. The molecule has 0 aliphatic heterocycles. The smallest absolute Gasteiger partial charge is 0.251 e. The third-order valence-corrected chi connectivity index (χ3v) is 3.87. The molecule has 0 spiro atoms. The molecule has 0 unspecified atom stereocenters. The molecule has 0 atom stereocenters. The lowest BCUT2D eigenvalue weighted by atomic mass is 10.1. The molecular weight excluding hydrogens is 314 g/mol. The van der Waals surface area contributed by atoms with E-state index in [0.29, 0.717) is 17.8 Å². The Bertz CT molecular complexity index is 719. The van der Waals surface area contributed by atoms with E-state index in [2.05, 4.69) is 16.0 Å². The molecular formula is C20H25N3O2. The van der Waals surface area contributed by atoms with Gasteiger partial charge in [-0.25, -0.2) is 0 Å². The Morgan fingerprint density at radius 1 is 0.960 bits per heavy atom. The third-order valence-electron chi connectivity index (χ3n) is 3.87. The number of para-hydroxylation sites is 1. The molecule has 3 N–H and O–H groups in total. The fourth-order valence-electron chi connectivity index (χ4n) is 2.51. The monoisotopic (exact) mass is 339 g/mol. The van der Waals surface area contributed by atoms with Gasteiger partial charge in [0, 0.05) is 23.5 Å². The molecule has 0 saturated heterocycles. The van der Waals surface area contributed by atoms with Gasteiger partial charge < -0.3 is 16.0 Å². The minimum Gasteiger partial charge on any atom is -0.376 e. The summed E-state index contributed by atoms with van der Waals surface area (Å²) >= 11 is 0. The number of rotatable bonds is 7. The Kier molecular flexibility index (Phi) is 6.57. The van der Waals surface area contributed by atoms with Crippen LogP contribution in [0.5, 0.6) is 0 Å². The van der Waals surface area contributed by atoms with Gasteiger partial charge in [0.2, 0.25) is 5.91 Å². The van der Waals surface area contributed by atoms with Gasteiger partial charge in [0.05, 0.1) is 6.54 Å². The Labute approximate surface area is 148 Å². The van der Waals surface area contributed by atoms with Gasteiger partial charge in [-0.3, -0.25) is 9.59 Å². The summed E-state index contributed by atoms with van der Waals surface area (Å²) in [4.78, 5) is 24.0. The fourth-order valence-corrected chi connectivity index (χ4v) is 2.51. The van der Waals surface area contributed by atoms with E-state index in [1.54, 1.807) is 24.3 Å². The van der Waals surface area contributed by atoms with Gasteiger partial charge in [-0.15, -0.1) is 0 Å². The Balaban J connectivity index is 1.89. The molecule has 2 rings (SSSR count). The molecule has 0 saturated carbocycles. The second-order valence-electron chi connectivity index (χ2n) is 6.00. The van der Waals surface area contributed by atoms with Crippen LogP contribution in [0, 0.1) is 13.8 Å². The minimum absolute atomic E-state index is 0.101. The van der Waals surface area contributed by atoms with Crippen LogP contribution in [-0.2, 0) is 4.79 Å². The van der Waals surface area contributed by atoms with Crippen LogP contribution in [0.2, 0.25) is 0 Å². The standard InChI is InChI=1S/C20H25N3O2/c1-4-12-21-20(25)16-8-10-17(11-9-16)23-18(24)13-22-19-14(2)6-5-7-15(19)3/h5-11,22H,4,12-13H2,1-3H3,(H,21,25)(H,23,24). The highest BCUT2D eigenvalue weighted by Crippen LogP contribution is 2.19. The number of hydrogen-bond acceptors (Lipinski definition) is 3. The Hall–Kier alpha value is -2.82. The van der Waals surface area contributed by atoms with Crippen molar-refractivity contribution < 1.29 is 9.59 Å². The molecule has 0 radical (unpaired) electrons. The number of anilines is 2. The molecule has 2 aromatic rings. The van der Waals surface area contributed by atoms with Crippen LogP contribution in [0.4, 0.5) is 11.4 Å². The number of carbonyl (C=O) groups is 2. The normalized spacial score (nSPS) is 10.2. The first-order chi connectivity index (χ1) is 12.0. The highest BCUT2D eigenvalue weighted by molar-refractivity contribution is 5.96. The topological polar surface area (TPSA) is 70.2 Å². The molecule has 2 aromatic carbocycles. The Morgan fingerprint density at radius 3 is 2.20 bits per heavy atom. The van der Waals surface area contributed by atoms with Crippen LogP contribution >= 0.6 is 0 Å². The van der Waals surface area contributed by atoms with Crippen molar-refractivity contribution in [1.82, 2.24) is 5.32 Å². The first kappa shape index (κ1) is 18.5. The maximum Gasteiger partial charge on any atom is 0.251 e. The van der Waals surface area contributed by atoms with Gasteiger partial charge in [-0.1, -0.05) is 25.1 Å². The molecule has 25 heavy (non-hydrogen) atoms. The summed E-state index contributed by atoms with van der Waals surface area (Å²) in [5.41, 5.74) is 4.45. The van der Waals surface area contributed by atoms with Crippen molar-refractivity contribution in [1.29, 1.82) is 0 Å². The first-order valence-electron chi connectivity index (χ1n) is 8.49. The number of nitrogens with one attached hydrogen (secondary N) is 3. The van der Waals surface area contributed by atoms with Crippen LogP contribution in [-0.4, -0.2) is 24.9 Å². The lowest BCUT2D eigenvalue weighted by Gasteiger charge is -2.12. The van der Waals surface area contributed by atoms with Crippen molar-refractivity contribution in [2.24, 2.45) is 0 Å². The van der Waals surface area contributed by atoms with Crippen molar-refractivity contribution >= 4 is 23.2 Å². The first-order valence-corrected chi connectivity index (χ1v) is 8.49. The minimum atomic E-state index is -0.133. The molecule has 0 aromatic heterocycles. The number of benzene rings is 2. The predicted molar refractivity (Wildman–Crippen MR) is 102 cm³/mol. The molecule has 0 aliphatic carbocycles. The van der Waals surface area contributed by atoms with E-state index in [1.165, 1.54) is 0 Å². The molecule has 0 aliphatic rings. The summed E-state index contributed by atoms with van der Waals surface area (Å²) in [7, 11) is 0. The molecule has 5 heteroatoms. The molecule has 0 heterocycles. The van der Waals surface area contributed by atoms with E-state index in [-0.39, 0.29) is 18.4 Å². The maximum absolute atomic E-state index is 12.1. The zero-order chi connectivity index (χ0) is 18.2. The van der Waals surface area contributed by atoms with E-state index >= 15 is 0 Å². The van der Waals surface area contributed by atoms with Gasteiger partial charge in [0.1, 0.15) is 0 Å². The van der Waals surface area contributed by atoms with Crippen LogP contribution in [0.25, 0.3) is 0 Å². The van der Waals surface area contributed by atoms with Gasteiger partial charge in [0.15, 0.2) is 0 Å². The van der Waals surface area contributed by atoms with Crippen LogP contribution in [0.3, 0.4) is 0 Å². The van der Waals surface area contributed by atoms with E-state index in [9.17, 15) is 9.59 Å². The van der Waals surface area contributed by atoms with Crippen molar-refractivity contribution in [2.75, 3.05) is 23.7 Å². The largest absolute Gasteiger partial charge is 0.376 e. The predicted octanol–water partition coefficient (Wildman–Crippen LogP) is 3.49. The van der Waals surface area contributed by atoms with E-state index in [4.69, 9.17) is 0 Å². The number of amides is 2. The highest BCUT2D eigenvalue weighted by atomic mass is 16.2. The lowest BCUT2D eigenvalue weighted by Crippen LogP contribution is -2.24.